The molecule has 2 N–H and O–H groups in total. The molecule has 1 amide bonds. The van der Waals surface area contributed by atoms with Crippen LogP contribution in [-0.2, 0) is 17.4 Å². The van der Waals surface area contributed by atoms with E-state index in [1.54, 1.807) is 24.3 Å². The second-order valence-corrected chi connectivity index (χ2v) is 7.50. The lowest BCUT2D eigenvalue weighted by Gasteiger charge is -2.13. The largest absolute Gasteiger partial charge is 0.497 e. The van der Waals surface area contributed by atoms with Crippen molar-refractivity contribution >= 4 is 27.5 Å². The van der Waals surface area contributed by atoms with E-state index in [1.807, 2.05) is 0 Å². The molecule has 0 spiro atoms. The van der Waals surface area contributed by atoms with Crippen LogP contribution < -0.4 is 10.1 Å². The minimum atomic E-state index is -4.42. The van der Waals surface area contributed by atoms with Crippen LogP contribution in [-0.4, -0.2) is 29.7 Å². The monoisotopic (exact) mass is 424 g/mol. The maximum atomic E-state index is 12.8. The summed E-state index contributed by atoms with van der Waals surface area (Å²) in [6, 6.07) is 10.4. The number of thiazole rings is 1. The normalized spacial score (nSPS) is 12.7. The lowest BCUT2D eigenvalue weighted by molar-refractivity contribution is -0.137. The van der Waals surface area contributed by atoms with Crippen molar-refractivity contribution in [3.05, 3.63) is 58.6 Å². The Morgan fingerprint density at radius 1 is 1.28 bits per heavy atom. The number of carbonyl (C=O) groups excluding carboxylic acids is 1. The van der Waals surface area contributed by atoms with E-state index in [2.05, 4.69) is 10.3 Å². The molecule has 3 rings (SSSR count). The second-order valence-electron chi connectivity index (χ2n) is 6.38. The highest BCUT2D eigenvalue weighted by Crippen LogP contribution is 2.33. The van der Waals surface area contributed by atoms with Crippen molar-refractivity contribution < 1.29 is 27.8 Å². The zero-order valence-corrected chi connectivity index (χ0v) is 16.3. The Hall–Kier alpha value is -2.65. The number of alkyl halides is 3. The van der Waals surface area contributed by atoms with Gasteiger partial charge in [-0.2, -0.15) is 13.2 Å². The Kier molecular flexibility index (Phi) is 6.39. The molecule has 0 fully saturated rings. The molecule has 0 radical (unpaired) electrons. The van der Waals surface area contributed by atoms with E-state index in [0.717, 1.165) is 12.1 Å². The molecule has 3 aromatic rings. The number of carbonyl (C=O) groups is 1. The second kappa shape index (κ2) is 8.79. The van der Waals surface area contributed by atoms with Crippen molar-refractivity contribution in [1.82, 2.24) is 10.3 Å². The highest BCUT2D eigenvalue weighted by atomic mass is 32.1. The molecule has 5 nitrogen and oxygen atoms in total. The number of ether oxygens (including phenoxy) is 1. The molecular weight excluding hydrogens is 405 g/mol. The van der Waals surface area contributed by atoms with Gasteiger partial charge < -0.3 is 15.2 Å². The Bertz CT molecular complexity index is 1000. The summed E-state index contributed by atoms with van der Waals surface area (Å²) in [5.41, 5.74) is 0.149. The fraction of sp³-hybridized carbons (Fsp3) is 0.300. The van der Waals surface area contributed by atoms with Crippen molar-refractivity contribution in [2.24, 2.45) is 0 Å². The number of amides is 1. The van der Waals surface area contributed by atoms with Crippen LogP contribution in [0.1, 0.15) is 28.7 Å². The zero-order chi connectivity index (χ0) is 21.0. The van der Waals surface area contributed by atoms with Crippen LogP contribution in [0.4, 0.5) is 13.2 Å². The molecule has 1 heterocycles. The van der Waals surface area contributed by atoms with E-state index in [-0.39, 0.29) is 24.4 Å². The van der Waals surface area contributed by atoms with Gasteiger partial charge in [0.2, 0.25) is 5.91 Å². The van der Waals surface area contributed by atoms with Crippen molar-refractivity contribution in [1.29, 1.82) is 0 Å². The summed E-state index contributed by atoms with van der Waals surface area (Å²) in [4.78, 5) is 16.3. The number of methoxy groups -OCH3 is 1. The predicted molar refractivity (Wildman–Crippen MR) is 104 cm³/mol. The van der Waals surface area contributed by atoms with Gasteiger partial charge in [0.1, 0.15) is 5.75 Å². The number of benzene rings is 2. The number of nitrogens with zero attached hydrogens (tertiary/aromatic N) is 1. The third-order valence-electron chi connectivity index (χ3n) is 4.30. The van der Waals surface area contributed by atoms with Crippen molar-refractivity contribution in [3.8, 4) is 5.75 Å². The van der Waals surface area contributed by atoms with Gasteiger partial charge in [-0.25, -0.2) is 4.98 Å². The summed E-state index contributed by atoms with van der Waals surface area (Å²) in [5.74, 6) is 0.333. The number of halogens is 3. The number of fused-ring (bicyclic) bond motifs is 1. The Morgan fingerprint density at radius 3 is 2.79 bits per heavy atom. The van der Waals surface area contributed by atoms with Gasteiger partial charge in [0.25, 0.3) is 0 Å². The molecular formula is C20H19F3N2O3S. The van der Waals surface area contributed by atoms with Crippen LogP contribution in [0.25, 0.3) is 10.2 Å². The first kappa shape index (κ1) is 21.1. The standard InChI is InChI=1S/C20H19F3N2O3S/c1-28-14-4-2-3-12(9-14)16(26)11-24-18(27)7-8-19-25-15-10-13(20(21,22)23)5-6-17(15)29-19/h2-6,9-10,16,26H,7-8,11H2,1H3,(H,24,27). The van der Waals surface area contributed by atoms with Gasteiger partial charge >= 0.3 is 6.18 Å². The number of aliphatic hydroxyl groups is 1. The summed E-state index contributed by atoms with van der Waals surface area (Å²) < 4.78 is 44.1. The number of aromatic nitrogens is 1. The molecule has 154 valence electrons. The predicted octanol–water partition coefficient (Wildman–Crippen LogP) is 4.11. The molecule has 0 aliphatic heterocycles. The van der Waals surface area contributed by atoms with Crippen LogP contribution in [0.15, 0.2) is 42.5 Å². The molecule has 9 heteroatoms. The van der Waals surface area contributed by atoms with Crippen LogP contribution >= 0.6 is 11.3 Å². The number of aryl methyl sites for hydroxylation is 1. The first-order chi connectivity index (χ1) is 13.8. The molecule has 1 aromatic heterocycles. The minimum absolute atomic E-state index is 0.0424. The summed E-state index contributed by atoms with van der Waals surface area (Å²) in [5, 5.41) is 13.4. The van der Waals surface area contributed by atoms with Gasteiger partial charge in [-0.1, -0.05) is 12.1 Å². The topological polar surface area (TPSA) is 71.5 Å². The van der Waals surface area contributed by atoms with E-state index in [9.17, 15) is 23.1 Å². The zero-order valence-electron chi connectivity index (χ0n) is 15.5. The molecule has 0 saturated carbocycles. The van der Waals surface area contributed by atoms with Gasteiger partial charge in [0, 0.05) is 19.4 Å². The Labute approximate surface area is 169 Å². The molecule has 1 atom stereocenters. The number of rotatable bonds is 7. The average molecular weight is 424 g/mol. The van der Waals surface area contributed by atoms with E-state index in [0.29, 0.717) is 27.4 Å². The quantitative estimate of drug-likeness (QED) is 0.599. The lowest BCUT2D eigenvalue weighted by Crippen LogP contribution is -2.28. The van der Waals surface area contributed by atoms with Gasteiger partial charge in [0.15, 0.2) is 0 Å². The molecule has 0 bridgehead atoms. The number of hydrogen-bond donors (Lipinski definition) is 2. The molecule has 29 heavy (non-hydrogen) atoms. The number of hydrogen-bond acceptors (Lipinski definition) is 5. The van der Waals surface area contributed by atoms with Crippen LogP contribution in [0.3, 0.4) is 0 Å². The third-order valence-corrected chi connectivity index (χ3v) is 5.39. The summed E-state index contributed by atoms with van der Waals surface area (Å²) in [6.07, 6.45) is -4.86. The molecule has 0 saturated heterocycles. The highest BCUT2D eigenvalue weighted by Gasteiger charge is 2.30. The average Bonchev–Trinajstić information content (AvgIpc) is 3.12. The minimum Gasteiger partial charge on any atom is -0.497 e. The number of aliphatic hydroxyl groups excluding tert-OH is 1. The molecule has 0 aliphatic rings. The smallest absolute Gasteiger partial charge is 0.416 e. The van der Waals surface area contributed by atoms with E-state index < -0.39 is 17.8 Å². The summed E-state index contributed by atoms with van der Waals surface area (Å²) in [7, 11) is 1.53. The molecule has 0 aliphatic carbocycles. The van der Waals surface area contributed by atoms with Gasteiger partial charge in [-0.3, -0.25) is 4.79 Å². The Balaban J connectivity index is 1.53. The first-order valence-electron chi connectivity index (χ1n) is 8.81. The number of nitrogens with one attached hydrogen (secondary N) is 1. The van der Waals surface area contributed by atoms with Gasteiger partial charge in [-0.15, -0.1) is 11.3 Å². The van der Waals surface area contributed by atoms with E-state index in [4.69, 9.17) is 4.74 Å². The third kappa shape index (κ3) is 5.45. The van der Waals surface area contributed by atoms with Gasteiger partial charge in [0.05, 0.1) is 34.0 Å². The maximum Gasteiger partial charge on any atom is 0.416 e. The van der Waals surface area contributed by atoms with Gasteiger partial charge in [-0.05, 0) is 35.9 Å². The van der Waals surface area contributed by atoms with Crippen LogP contribution in [0.2, 0.25) is 0 Å². The fourth-order valence-corrected chi connectivity index (χ4v) is 3.69. The van der Waals surface area contributed by atoms with Crippen molar-refractivity contribution in [2.45, 2.75) is 25.1 Å². The molecule has 2 aromatic carbocycles. The maximum absolute atomic E-state index is 12.8. The van der Waals surface area contributed by atoms with Crippen LogP contribution in [0, 0.1) is 0 Å². The SMILES string of the molecule is COc1cccc(C(O)CNC(=O)CCc2nc3cc(C(F)(F)F)ccc3s2)c1. The van der Waals surface area contributed by atoms with Crippen molar-refractivity contribution in [2.75, 3.05) is 13.7 Å². The van der Waals surface area contributed by atoms with E-state index in [1.165, 1.54) is 24.5 Å². The lowest BCUT2D eigenvalue weighted by atomic mass is 10.1. The van der Waals surface area contributed by atoms with Crippen LogP contribution in [0.5, 0.6) is 5.75 Å². The summed E-state index contributed by atoms with van der Waals surface area (Å²) >= 11 is 1.26. The van der Waals surface area contributed by atoms with Crippen molar-refractivity contribution in [3.63, 3.8) is 0 Å². The van der Waals surface area contributed by atoms with E-state index >= 15 is 0 Å². The first-order valence-corrected chi connectivity index (χ1v) is 9.63. The Morgan fingerprint density at radius 2 is 2.07 bits per heavy atom. The fourth-order valence-electron chi connectivity index (χ4n) is 2.74. The highest BCUT2D eigenvalue weighted by molar-refractivity contribution is 7.18. The summed E-state index contributed by atoms with van der Waals surface area (Å²) in [6.45, 7) is 0.0424. The molecule has 1 unspecified atom stereocenters.